The summed E-state index contributed by atoms with van der Waals surface area (Å²) in [6, 6.07) is 9.56. The maximum absolute atomic E-state index is 13.7. The van der Waals surface area contributed by atoms with E-state index in [1.807, 2.05) is 59.1 Å². The lowest BCUT2D eigenvalue weighted by atomic mass is 9.68. The Morgan fingerprint density at radius 3 is 2.38 bits per heavy atom. The second kappa shape index (κ2) is 8.84. The van der Waals surface area contributed by atoms with Crippen molar-refractivity contribution in [2.75, 3.05) is 40.3 Å². The molecule has 0 radical (unpaired) electrons. The monoisotopic (exact) mass is 401 g/mol. The van der Waals surface area contributed by atoms with Crippen LogP contribution in [-0.2, 0) is 9.59 Å². The van der Waals surface area contributed by atoms with E-state index in [4.69, 9.17) is 0 Å². The zero-order valence-corrected chi connectivity index (χ0v) is 18.2. The Labute approximate surface area is 174 Å². The molecular weight excluding hydrogens is 366 g/mol. The minimum atomic E-state index is -0.599. The highest BCUT2D eigenvalue weighted by Gasteiger charge is 2.52. The molecule has 0 bridgehead atoms. The molecule has 6 nitrogen and oxygen atoms in total. The van der Waals surface area contributed by atoms with Gasteiger partial charge in [0.2, 0.25) is 11.8 Å². The van der Waals surface area contributed by atoms with Crippen LogP contribution in [0.4, 0.5) is 0 Å². The zero-order valence-electron chi connectivity index (χ0n) is 18.2. The van der Waals surface area contributed by atoms with Crippen LogP contribution in [0, 0.1) is 11.3 Å². The Kier molecular flexibility index (Phi) is 6.64. The van der Waals surface area contributed by atoms with Crippen molar-refractivity contribution in [3.63, 3.8) is 0 Å². The van der Waals surface area contributed by atoms with Crippen LogP contribution < -0.4 is 0 Å². The molecule has 2 amide bonds. The minimum absolute atomic E-state index is 0.106. The molecule has 2 fully saturated rings. The van der Waals surface area contributed by atoms with E-state index in [0.717, 1.165) is 5.56 Å². The van der Waals surface area contributed by atoms with E-state index in [1.54, 1.807) is 0 Å². The summed E-state index contributed by atoms with van der Waals surface area (Å²) in [5, 5.41) is 11.2. The number of hydrogen-bond acceptors (Lipinski definition) is 4. The van der Waals surface area contributed by atoms with Gasteiger partial charge in [0.15, 0.2) is 0 Å². The third-order valence-electron chi connectivity index (χ3n) is 6.24. The summed E-state index contributed by atoms with van der Waals surface area (Å²) in [6.45, 7) is 6.38. The summed E-state index contributed by atoms with van der Waals surface area (Å²) in [7, 11) is 3.77. The van der Waals surface area contributed by atoms with E-state index < -0.39 is 11.5 Å². The van der Waals surface area contributed by atoms with Crippen molar-refractivity contribution in [2.24, 2.45) is 11.3 Å². The number of benzene rings is 1. The molecule has 0 unspecified atom stereocenters. The van der Waals surface area contributed by atoms with Crippen LogP contribution in [0.15, 0.2) is 30.3 Å². The van der Waals surface area contributed by atoms with Crippen LogP contribution in [0.25, 0.3) is 0 Å². The van der Waals surface area contributed by atoms with E-state index in [0.29, 0.717) is 51.4 Å². The van der Waals surface area contributed by atoms with Gasteiger partial charge in [0.1, 0.15) is 0 Å². The van der Waals surface area contributed by atoms with Gasteiger partial charge in [-0.25, -0.2) is 0 Å². The van der Waals surface area contributed by atoms with E-state index in [9.17, 15) is 14.7 Å². The zero-order chi connectivity index (χ0) is 21.2. The fourth-order valence-corrected chi connectivity index (χ4v) is 4.85. The van der Waals surface area contributed by atoms with Crippen LogP contribution in [0.5, 0.6) is 0 Å². The summed E-state index contributed by atoms with van der Waals surface area (Å²) in [5.74, 6) is 0.564. The smallest absolute Gasteiger partial charge is 0.236 e. The molecule has 0 saturated carbocycles. The molecule has 2 atom stereocenters. The topological polar surface area (TPSA) is 64.1 Å². The Hall–Kier alpha value is -1.92. The van der Waals surface area contributed by atoms with Crippen molar-refractivity contribution in [1.29, 1.82) is 0 Å². The largest absolute Gasteiger partial charge is 0.391 e. The van der Waals surface area contributed by atoms with Gasteiger partial charge in [-0.05, 0) is 44.8 Å². The summed E-state index contributed by atoms with van der Waals surface area (Å²) in [4.78, 5) is 31.8. The number of carbonyl (C=O) groups excluding carboxylic acids is 2. The van der Waals surface area contributed by atoms with Gasteiger partial charge in [-0.15, -0.1) is 0 Å². The summed E-state index contributed by atoms with van der Waals surface area (Å²) in [5.41, 5.74) is 0.427. The highest BCUT2D eigenvalue weighted by Crippen LogP contribution is 2.47. The van der Waals surface area contributed by atoms with Gasteiger partial charge in [0.05, 0.1) is 24.1 Å². The lowest BCUT2D eigenvalue weighted by molar-refractivity contribution is -0.166. The van der Waals surface area contributed by atoms with Gasteiger partial charge >= 0.3 is 0 Å². The first-order valence-corrected chi connectivity index (χ1v) is 10.7. The standard InChI is InChI=1S/C23H35N3O3/c1-17(2)15-26-21(18-8-6-5-7-9-18)19(27)14-23(22(26)29)10-12-25(13-11-23)20(28)16-24(3)4/h5-9,17,19,21,27H,10-16H2,1-4H3/t19-,21+/m1/s1. The number of likely N-dealkylation sites (N-methyl/N-ethyl adjacent to an activating group) is 1. The van der Waals surface area contributed by atoms with Crippen LogP contribution in [0.2, 0.25) is 0 Å². The third kappa shape index (κ3) is 4.64. The molecule has 1 aromatic carbocycles. The molecule has 1 aromatic rings. The van der Waals surface area contributed by atoms with Gasteiger partial charge in [0, 0.05) is 19.6 Å². The Bertz CT molecular complexity index is 711. The second-order valence-corrected chi connectivity index (χ2v) is 9.38. The van der Waals surface area contributed by atoms with Crippen LogP contribution in [-0.4, -0.2) is 78.0 Å². The van der Waals surface area contributed by atoms with Gasteiger partial charge < -0.3 is 19.8 Å². The number of likely N-dealkylation sites (tertiary alicyclic amines) is 2. The van der Waals surface area contributed by atoms with E-state index >= 15 is 0 Å². The molecule has 0 aromatic heterocycles. The number of rotatable bonds is 5. The van der Waals surface area contributed by atoms with Gasteiger partial charge in [-0.1, -0.05) is 44.2 Å². The van der Waals surface area contributed by atoms with E-state index in [-0.39, 0.29) is 17.9 Å². The predicted octanol–water partition coefficient (Wildman–Crippen LogP) is 2.15. The van der Waals surface area contributed by atoms with Crippen LogP contribution in [0.3, 0.4) is 0 Å². The molecule has 160 valence electrons. The lowest BCUT2D eigenvalue weighted by Gasteiger charge is -2.52. The number of carbonyl (C=O) groups is 2. The van der Waals surface area contributed by atoms with E-state index in [1.165, 1.54) is 0 Å². The molecule has 1 spiro atoms. The van der Waals surface area contributed by atoms with Crippen molar-refractivity contribution in [3.8, 4) is 0 Å². The van der Waals surface area contributed by atoms with Gasteiger partial charge in [-0.3, -0.25) is 9.59 Å². The number of aliphatic hydroxyl groups excluding tert-OH is 1. The highest BCUT2D eigenvalue weighted by atomic mass is 16.3. The molecule has 0 aliphatic carbocycles. The molecule has 1 N–H and O–H groups in total. The van der Waals surface area contributed by atoms with Crippen LogP contribution in [0.1, 0.15) is 44.7 Å². The van der Waals surface area contributed by atoms with Crippen molar-refractivity contribution in [3.05, 3.63) is 35.9 Å². The molecule has 29 heavy (non-hydrogen) atoms. The molecule has 2 heterocycles. The molecule has 2 saturated heterocycles. The Morgan fingerprint density at radius 2 is 1.83 bits per heavy atom. The fraction of sp³-hybridized carbons (Fsp3) is 0.652. The van der Waals surface area contributed by atoms with Crippen molar-refractivity contribution < 1.29 is 14.7 Å². The van der Waals surface area contributed by atoms with Gasteiger partial charge in [0.25, 0.3) is 0 Å². The minimum Gasteiger partial charge on any atom is -0.391 e. The summed E-state index contributed by atoms with van der Waals surface area (Å²) < 4.78 is 0. The maximum atomic E-state index is 13.7. The first kappa shape index (κ1) is 21.8. The SMILES string of the molecule is CC(C)CN1C(=O)C2(CCN(C(=O)CN(C)C)CC2)C[C@@H](O)[C@@H]1c1ccccc1. The van der Waals surface area contributed by atoms with Crippen LogP contribution >= 0.6 is 0 Å². The Balaban J connectivity index is 1.81. The fourth-order valence-electron chi connectivity index (χ4n) is 4.85. The molecule has 3 rings (SSSR count). The van der Waals surface area contributed by atoms with Crippen molar-refractivity contribution >= 4 is 11.8 Å². The number of aliphatic hydroxyl groups is 1. The number of piperidine rings is 2. The molecular formula is C23H35N3O3. The third-order valence-corrected chi connectivity index (χ3v) is 6.24. The van der Waals surface area contributed by atoms with Crippen molar-refractivity contribution in [2.45, 2.75) is 45.3 Å². The van der Waals surface area contributed by atoms with E-state index in [2.05, 4.69) is 13.8 Å². The average molecular weight is 402 g/mol. The maximum Gasteiger partial charge on any atom is 0.236 e. The first-order valence-electron chi connectivity index (χ1n) is 10.7. The molecule has 2 aliphatic rings. The Morgan fingerprint density at radius 1 is 1.21 bits per heavy atom. The first-order chi connectivity index (χ1) is 13.7. The average Bonchev–Trinajstić information content (AvgIpc) is 2.66. The molecule has 6 heteroatoms. The number of amides is 2. The lowest BCUT2D eigenvalue weighted by Crippen LogP contribution is -2.59. The predicted molar refractivity (Wildman–Crippen MR) is 113 cm³/mol. The second-order valence-electron chi connectivity index (χ2n) is 9.38. The number of nitrogens with zero attached hydrogens (tertiary/aromatic N) is 3. The van der Waals surface area contributed by atoms with Gasteiger partial charge in [-0.2, -0.15) is 0 Å². The normalized spacial score (nSPS) is 24.6. The molecule has 2 aliphatic heterocycles. The number of hydrogen-bond donors (Lipinski definition) is 1. The van der Waals surface area contributed by atoms with Crippen molar-refractivity contribution in [1.82, 2.24) is 14.7 Å². The summed E-state index contributed by atoms with van der Waals surface area (Å²) >= 11 is 0. The summed E-state index contributed by atoms with van der Waals surface area (Å²) in [6.07, 6.45) is 1.12. The highest BCUT2D eigenvalue weighted by molar-refractivity contribution is 5.85. The quantitative estimate of drug-likeness (QED) is 0.821.